The lowest BCUT2D eigenvalue weighted by atomic mass is 9.88. The summed E-state index contributed by atoms with van der Waals surface area (Å²) < 4.78 is 12.6. The molecule has 1 aromatic rings. The second-order valence-corrected chi connectivity index (χ2v) is 4.52. The zero-order valence-corrected chi connectivity index (χ0v) is 9.97. The third-order valence-corrected chi connectivity index (χ3v) is 2.31. The van der Waals surface area contributed by atoms with Gasteiger partial charge in [0.25, 0.3) is 0 Å². The Morgan fingerprint density at radius 1 is 1.20 bits per heavy atom. The topological polar surface area (TPSA) is 49.2 Å². The number of hydrogen-bond donors (Lipinski definition) is 0. The van der Waals surface area contributed by atoms with Gasteiger partial charge in [-0.2, -0.15) is 5.10 Å². The van der Waals surface area contributed by atoms with Crippen molar-refractivity contribution in [2.75, 3.05) is 14.2 Å². The first-order valence-electron chi connectivity index (χ1n) is 4.90. The van der Waals surface area contributed by atoms with Crippen LogP contribution in [0.1, 0.15) is 27.0 Å². The molecule has 1 rings (SSSR count). The molecule has 0 aromatic carbocycles. The van der Waals surface area contributed by atoms with Crippen LogP contribution < -0.4 is 0 Å². The number of aromatic nitrogens is 3. The molecule has 0 saturated carbocycles. The fourth-order valence-corrected chi connectivity index (χ4v) is 1.62. The van der Waals surface area contributed by atoms with Gasteiger partial charge in [-0.25, -0.2) is 9.67 Å². The van der Waals surface area contributed by atoms with Gasteiger partial charge >= 0.3 is 0 Å². The number of ether oxygens (including phenoxy) is 2. The summed E-state index contributed by atoms with van der Waals surface area (Å²) in [5.41, 5.74) is -0.0264. The summed E-state index contributed by atoms with van der Waals surface area (Å²) in [5, 5.41) is 4.07. The third kappa shape index (κ3) is 2.76. The zero-order valence-electron chi connectivity index (χ0n) is 9.97. The van der Waals surface area contributed by atoms with Crippen molar-refractivity contribution in [3.05, 3.63) is 12.7 Å². The van der Waals surface area contributed by atoms with Crippen LogP contribution in [0.3, 0.4) is 0 Å². The van der Waals surface area contributed by atoms with Crippen LogP contribution in [0.5, 0.6) is 0 Å². The minimum Gasteiger partial charge on any atom is -0.376 e. The van der Waals surface area contributed by atoms with Crippen molar-refractivity contribution >= 4 is 0 Å². The largest absolute Gasteiger partial charge is 0.376 e. The molecule has 2 unspecified atom stereocenters. The van der Waals surface area contributed by atoms with Crippen molar-refractivity contribution in [1.82, 2.24) is 14.8 Å². The minimum absolute atomic E-state index is 0.0264. The van der Waals surface area contributed by atoms with Gasteiger partial charge in [0, 0.05) is 14.2 Å². The Morgan fingerprint density at radius 2 is 1.87 bits per heavy atom. The monoisotopic (exact) mass is 213 g/mol. The Labute approximate surface area is 90.4 Å². The highest BCUT2D eigenvalue weighted by Crippen LogP contribution is 2.30. The highest BCUT2D eigenvalue weighted by atomic mass is 16.5. The lowest BCUT2D eigenvalue weighted by Crippen LogP contribution is -2.38. The molecule has 0 aliphatic rings. The van der Waals surface area contributed by atoms with Crippen LogP contribution in [-0.2, 0) is 9.47 Å². The summed E-state index contributed by atoms with van der Waals surface area (Å²) in [7, 11) is 3.32. The summed E-state index contributed by atoms with van der Waals surface area (Å²) in [5.74, 6) is 0. The van der Waals surface area contributed by atoms with E-state index in [1.807, 2.05) is 0 Å². The van der Waals surface area contributed by atoms with Gasteiger partial charge in [0.1, 0.15) is 18.8 Å². The highest BCUT2D eigenvalue weighted by Gasteiger charge is 2.34. The first-order valence-corrected chi connectivity index (χ1v) is 4.90. The normalized spacial score (nSPS) is 16.3. The van der Waals surface area contributed by atoms with E-state index >= 15 is 0 Å². The molecule has 0 N–H and O–H groups in total. The summed E-state index contributed by atoms with van der Waals surface area (Å²) in [4.78, 5) is 3.91. The molecule has 2 atom stereocenters. The average Bonchev–Trinajstić information content (AvgIpc) is 2.64. The maximum atomic E-state index is 5.48. The third-order valence-electron chi connectivity index (χ3n) is 2.31. The SMILES string of the molecule is COC(C(OC)C(C)(C)C)n1cncn1. The molecule has 0 amide bonds. The Hall–Kier alpha value is -0.940. The fraction of sp³-hybridized carbons (Fsp3) is 0.800. The molecule has 5 heteroatoms. The highest BCUT2D eigenvalue weighted by molar-refractivity contribution is 4.80. The van der Waals surface area contributed by atoms with E-state index in [4.69, 9.17) is 9.47 Å². The van der Waals surface area contributed by atoms with E-state index in [1.54, 1.807) is 25.2 Å². The molecule has 0 aliphatic carbocycles. The van der Waals surface area contributed by atoms with Gasteiger partial charge in [-0.15, -0.1) is 0 Å². The van der Waals surface area contributed by atoms with Crippen molar-refractivity contribution in [3.8, 4) is 0 Å². The van der Waals surface area contributed by atoms with Gasteiger partial charge in [-0.05, 0) is 5.41 Å². The first-order chi connectivity index (χ1) is 7.00. The minimum atomic E-state index is -0.252. The summed E-state index contributed by atoms with van der Waals surface area (Å²) >= 11 is 0. The fourth-order valence-electron chi connectivity index (χ4n) is 1.62. The summed E-state index contributed by atoms with van der Waals surface area (Å²) in [6.45, 7) is 6.30. The second kappa shape index (κ2) is 4.72. The molecule has 0 aliphatic heterocycles. The Bertz CT molecular complexity index is 279. The van der Waals surface area contributed by atoms with E-state index in [0.717, 1.165) is 0 Å². The van der Waals surface area contributed by atoms with Crippen molar-refractivity contribution < 1.29 is 9.47 Å². The van der Waals surface area contributed by atoms with Crippen LogP contribution in [0, 0.1) is 5.41 Å². The predicted octanol–water partition coefficient (Wildman–Crippen LogP) is 1.48. The molecule has 0 bridgehead atoms. The molecule has 1 heterocycles. The molecule has 0 radical (unpaired) electrons. The summed E-state index contributed by atoms with van der Waals surface area (Å²) in [6, 6.07) is 0. The molecular formula is C10H19N3O2. The Balaban J connectivity index is 2.90. The molecule has 0 saturated heterocycles. The van der Waals surface area contributed by atoms with E-state index in [0.29, 0.717) is 0 Å². The molecular weight excluding hydrogens is 194 g/mol. The van der Waals surface area contributed by atoms with Crippen LogP contribution in [-0.4, -0.2) is 35.1 Å². The summed E-state index contributed by atoms with van der Waals surface area (Å²) in [6.07, 6.45) is 2.79. The quantitative estimate of drug-likeness (QED) is 0.760. The van der Waals surface area contributed by atoms with Gasteiger partial charge in [0.05, 0.1) is 0 Å². The molecule has 86 valence electrons. The molecule has 0 fully saturated rings. The maximum absolute atomic E-state index is 5.48. The van der Waals surface area contributed by atoms with Crippen molar-refractivity contribution in [3.63, 3.8) is 0 Å². The van der Waals surface area contributed by atoms with E-state index in [9.17, 15) is 0 Å². The Kier molecular flexibility index (Phi) is 3.82. The number of hydrogen-bond acceptors (Lipinski definition) is 4. The second-order valence-electron chi connectivity index (χ2n) is 4.52. The van der Waals surface area contributed by atoms with Crippen LogP contribution in [0.2, 0.25) is 0 Å². The van der Waals surface area contributed by atoms with Gasteiger partial charge in [0.2, 0.25) is 0 Å². The van der Waals surface area contributed by atoms with Crippen LogP contribution in [0.4, 0.5) is 0 Å². The first kappa shape index (κ1) is 12.1. The number of rotatable bonds is 4. The van der Waals surface area contributed by atoms with E-state index in [-0.39, 0.29) is 17.7 Å². The zero-order chi connectivity index (χ0) is 11.5. The van der Waals surface area contributed by atoms with Crippen LogP contribution in [0.25, 0.3) is 0 Å². The van der Waals surface area contributed by atoms with E-state index in [2.05, 4.69) is 30.9 Å². The lowest BCUT2D eigenvalue weighted by molar-refractivity contribution is -0.126. The Morgan fingerprint density at radius 3 is 2.20 bits per heavy atom. The standard InChI is InChI=1S/C10H19N3O2/c1-10(2,3)8(14-4)9(15-5)13-7-11-6-12-13/h6-9H,1-5H3. The smallest absolute Gasteiger partial charge is 0.177 e. The average molecular weight is 213 g/mol. The van der Waals surface area contributed by atoms with Crippen molar-refractivity contribution in [2.45, 2.75) is 33.1 Å². The molecule has 0 spiro atoms. The van der Waals surface area contributed by atoms with Gasteiger partial charge in [-0.3, -0.25) is 0 Å². The van der Waals surface area contributed by atoms with Crippen LogP contribution >= 0.6 is 0 Å². The van der Waals surface area contributed by atoms with Crippen molar-refractivity contribution in [1.29, 1.82) is 0 Å². The lowest BCUT2D eigenvalue weighted by Gasteiger charge is -2.34. The van der Waals surface area contributed by atoms with E-state index in [1.165, 1.54) is 6.33 Å². The van der Waals surface area contributed by atoms with Gasteiger partial charge in [-0.1, -0.05) is 20.8 Å². The van der Waals surface area contributed by atoms with Crippen LogP contribution in [0.15, 0.2) is 12.7 Å². The molecule has 5 nitrogen and oxygen atoms in total. The number of methoxy groups -OCH3 is 2. The predicted molar refractivity (Wildman–Crippen MR) is 56.3 cm³/mol. The van der Waals surface area contributed by atoms with Gasteiger partial charge < -0.3 is 9.47 Å². The van der Waals surface area contributed by atoms with Gasteiger partial charge in [0.15, 0.2) is 6.23 Å². The van der Waals surface area contributed by atoms with E-state index < -0.39 is 0 Å². The maximum Gasteiger partial charge on any atom is 0.177 e. The number of nitrogens with zero attached hydrogens (tertiary/aromatic N) is 3. The molecule has 1 aromatic heterocycles. The van der Waals surface area contributed by atoms with Crippen molar-refractivity contribution in [2.24, 2.45) is 5.41 Å². The molecule has 15 heavy (non-hydrogen) atoms.